The molecule has 0 fully saturated rings. The SMILES string of the molecule is O=C(CS(=O)(=O)c1nc2ccccc2[nH]1)Nc1ccccc1. The van der Waals surface area contributed by atoms with E-state index in [2.05, 4.69) is 15.3 Å². The Morgan fingerprint density at radius 2 is 1.73 bits per heavy atom. The highest BCUT2D eigenvalue weighted by Gasteiger charge is 2.23. The van der Waals surface area contributed by atoms with Gasteiger partial charge in [0.15, 0.2) is 0 Å². The summed E-state index contributed by atoms with van der Waals surface area (Å²) < 4.78 is 24.5. The molecule has 7 heteroatoms. The maximum Gasteiger partial charge on any atom is 0.240 e. The third-order valence-electron chi connectivity index (χ3n) is 3.04. The first-order valence-corrected chi connectivity index (χ1v) is 8.22. The Hall–Kier alpha value is -2.67. The first-order valence-electron chi connectivity index (χ1n) is 6.57. The fourth-order valence-corrected chi connectivity index (χ4v) is 3.09. The van der Waals surface area contributed by atoms with Gasteiger partial charge < -0.3 is 10.3 Å². The Kier molecular flexibility index (Phi) is 3.64. The van der Waals surface area contributed by atoms with Crippen LogP contribution in [0, 0.1) is 0 Å². The highest BCUT2D eigenvalue weighted by molar-refractivity contribution is 7.92. The topological polar surface area (TPSA) is 91.9 Å². The van der Waals surface area contributed by atoms with Crippen LogP contribution in [0.1, 0.15) is 0 Å². The smallest absolute Gasteiger partial charge is 0.240 e. The van der Waals surface area contributed by atoms with Crippen LogP contribution in [0.3, 0.4) is 0 Å². The molecule has 1 heterocycles. The van der Waals surface area contributed by atoms with Crippen molar-refractivity contribution in [1.29, 1.82) is 0 Å². The largest absolute Gasteiger partial charge is 0.329 e. The number of para-hydroxylation sites is 3. The molecular weight excluding hydrogens is 302 g/mol. The maximum atomic E-state index is 12.2. The van der Waals surface area contributed by atoms with Gasteiger partial charge in [0.05, 0.1) is 11.0 Å². The number of amides is 1. The quantitative estimate of drug-likeness (QED) is 0.770. The molecule has 3 aromatic rings. The number of sulfone groups is 1. The zero-order chi connectivity index (χ0) is 15.6. The van der Waals surface area contributed by atoms with E-state index >= 15 is 0 Å². The molecule has 0 aliphatic rings. The molecule has 112 valence electrons. The second kappa shape index (κ2) is 5.61. The molecular formula is C15H13N3O3S. The monoisotopic (exact) mass is 315 g/mol. The molecule has 2 aromatic carbocycles. The van der Waals surface area contributed by atoms with Crippen LogP contribution in [0.25, 0.3) is 11.0 Å². The first-order chi connectivity index (χ1) is 10.5. The minimum atomic E-state index is -3.82. The van der Waals surface area contributed by atoms with Gasteiger partial charge in [-0.1, -0.05) is 30.3 Å². The molecule has 0 atom stereocenters. The summed E-state index contributed by atoms with van der Waals surface area (Å²) in [5, 5.41) is 2.34. The number of hydrogen-bond acceptors (Lipinski definition) is 4. The molecule has 0 saturated carbocycles. The predicted molar refractivity (Wildman–Crippen MR) is 83.2 cm³/mol. The van der Waals surface area contributed by atoms with E-state index in [1.54, 1.807) is 54.6 Å². The lowest BCUT2D eigenvalue weighted by Crippen LogP contribution is -2.23. The van der Waals surface area contributed by atoms with Crippen LogP contribution in [-0.4, -0.2) is 30.0 Å². The number of benzene rings is 2. The standard InChI is InChI=1S/C15H13N3O3S/c19-14(16-11-6-2-1-3-7-11)10-22(20,21)15-17-12-8-4-5-9-13(12)18-15/h1-9H,10H2,(H,16,19)(H,17,18). The van der Waals surface area contributed by atoms with Crippen molar-refractivity contribution in [2.24, 2.45) is 0 Å². The van der Waals surface area contributed by atoms with Gasteiger partial charge in [-0.3, -0.25) is 4.79 Å². The van der Waals surface area contributed by atoms with E-state index in [0.717, 1.165) is 0 Å². The Balaban J connectivity index is 1.79. The molecule has 0 bridgehead atoms. The Bertz CT molecular complexity index is 884. The number of anilines is 1. The minimum Gasteiger partial charge on any atom is -0.329 e. The molecule has 2 N–H and O–H groups in total. The number of H-pyrrole nitrogens is 1. The predicted octanol–water partition coefficient (Wildman–Crippen LogP) is 1.98. The van der Waals surface area contributed by atoms with Crippen molar-refractivity contribution in [1.82, 2.24) is 9.97 Å². The average molecular weight is 315 g/mol. The summed E-state index contributed by atoms with van der Waals surface area (Å²) in [6, 6.07) is 15.7. The van der Waals surface area contributed by atoms with Gasteiger partial charge in [-0.15, -0.1) is 0 Å². The van der Waals surface area contributed by atoms with Gasteiger partial charge >= 0.3 is 0 Å². The number of nitrogens with zero attached hydrogens (tertiary/aromatic N) is 1. The highest BCUT2D eigenvalue weighted by atomic mass is 32.2. The van der Waals surface area contributed by atoms with Crippen molar-refractivity contribution in [3.8, 4) is 0 Å². The summed E-state index contributed by atoms with van der Waals surface area (Å²) in [4.78, 5) is 18.6. The minimum absolute atomic E-state index is 0.197. The van der Waals surface area contributed by atoms with E-state index in [9.17, 15) is 13.2 Å². The zero-order valence-corrected chi connectivity index (χ0v) is 12.3. The van der Waals surface area contributed by atoms with E-state index < -0.39 is 21.5 Å². The number of hydrogen-bond donors (Lipinski definition) is 2. The molecule has 0 radical (unpaired) electrons. The van der Waals surface area contributed by atoms with Crippen LogP contribution in [-0.2, 0) is 14.6 Å². The van der Waals surface area contributed by atoms with Crippen molar-refractivity contribution in [3.05, 3.63) is 54.6 Å². The number of rotatable bonds is 4. The Morgan fingerprint density at radius 3 is 2.45 bits per heavy atom. The molecule has 6 nitrogen and oxygen atoms in total. The van der Waals surface area contributed by atoms with Crippen LogP contribution < -0.4 is 5.32 Å². The second-order valence-electron chi connectivity index (χ2n) is 4.73. The van der Waals surface area contributed by atoms with Gasteiger partial charge in [0.1, 0.15) is 5.75 Å². The molecule has 3 rings (SSSR count). The molecule has 0 aliphatic heterocycles. The second-order valence-corrected chi connectivity index (χ2v) is 6.64. The first kappa shape index (κ1) is 14.3. The molecule has 0 spiro atoms. The van der Waals surface area contributed by atoms with Crippen molar-refractivity contribution < 1.29 is 13.2 Å². The van der Waals surface area contributed by atoms with E-state index in [1.807, 2.05) is 0 Å². The number of carbonyl (C=O) groups excluding carboxylic acids is 1. The van der Waals surface area contributed by atoms with E-state index in [0.29, 0.717) is 16.7 Å². The molecule has 0 aliphatic carbocycles. The van der Waals surface area contributed by atoms with Gasteiger partial charge in [-0.25, -0.2) is 13.4 Å². The van der Waals surface area contributed by atoms with Crippen molar-refractivity contribution in [2.45, 2.75) is 5.16 Å². The lowest BCUT2D eigenvalue weighted by Gasteiger charge is -2.04. The number of carbonyl (C=O) groups is 1. The fraction of sp³-hybridized carbons (Fsp3) is 0.0667. The summed E-state index contributed by atoms with van der Waals surface area (Å²) in [6.07, 6.45) is 0. The molecule has 0 saturated heterocycles. The summed E-state index contributed by atoms with van der Waals surface area (Å²) in [5.74, 6) is -1.27. The summed E-state index contributed by atoms with van der Waals surface area (Å²) >= 11 is 0. The van der Waals surface area contributed by atoms with Gasteiger partial charge in [-0.2, -0.15) is 0 Å². The van der Waals surface area contributed by atoms with Crippen LogP contribution in [0.2, 0.25) is 0 Å². The summed E-state index contributed by atoms with van der Waals surface area (Å²) in [5.41, 5.74) is 1.71. The highest BCUT2D eigenvalue weighted by Crippen LogP contribution is 2.15. The lowest BCUT2D eigenvalue weighted by molar-refractivity contribution is -0.113. The Morgan fingerprint density at radius 1 is 1.05 bits per heavy atom. The van der Waals surface area contributed by atoms with Crippen molar-refractivity contribution in [2.75, 3.05) is 11.1 Å². The van der Waals surface area contributed by atoms with Gasteiger partial charge in [0.2, 0.25) is 20.9 Å². The number of nitrogens with one attached hydrogen (secondary N) is 2. The number of aromatic nitrogens is 2. The van der Waals surface area contributed by atoms with Gasteiger partial charge in [0.25, 0.3) is 0 Å². The number of fused-ring (bicyclic) bond motifs is 1. The third kappa shape index (κ3) is 2.99. The molecule has 0 unspecified atom stereocenters. The third-order valence-corrected chi connectivity index (χ3v) is 4.47. The average Bonchev–Trinajstić information content (AvgIpc) is 2.92. The van der Waals surface area contributed by atoms with E-state index in [4.69, 9.17) is 0 Å². The summed E-state index contributed by atoms with van der Waals surface area (Å²) in [7, 11) is -3.82. The van der Waals surface area contributed by atoms with Gasteiger partial charge in [0, 0.05) is 5.69 Å². The number of imidazole rings is 1. The molecule has 1 aromatic heterocycles. The number of aromatic amines is 1. The van der Waals surface area contributed by atoms with Crippen LogP contribution in [0.15, 0.2) is 59.8 Å². The van der Waals surface area contributed by atoms with Crippen LogP contribution in [0.5, 0.6) is 0 Å². The lowest BCUT2D eigenvalue weighted by atomic mass is 10.3. The van der Waals surface area contributed by atoms with E-state index in [1.165, 1.54) is 0 Å². The molecule has 22 heavy (non-hydrogen) atoms. The normalized spacial score (nSPS) is 11.5. The van der Waals surface area contributed by atoms with Crippen LogP contribution in [0.4, 0.5) is 5.69 Å². The van der Waals surface area contributed by atoms with Gasteiger partial charge in [-0.05, 0) is 24.3 Å². The Labute approximate surface area is 127 Å². The van der Waals surface area contributed by atoms with Crippen molar-refractivity contribution >= 4 is 32.5 Å². The zero-order valence-electron chi connectivity index (χ0n) is 11.5. The maximum absolute atomic E-state index is 12.2. The van der Waals surface area contributed by atoms with Crippen molar-refractivity contribution in [3.63, 3.8) is 0 Å². The van der Waals surface area contributed by atoms with Crippen LogP contribution >= 0.6 is 0 Å². The van der Waals surface area contributed by atoms with E-state index in [-0.39, 0.29) is 5.16 Å². The summed E-state index contributed by atoms with van der Waals surface area (Å²) in [6.45, 7) is 0. The molecule has 1 amide bonds. The fourth-order valence-electron chi connectivity index (χ4n) is 2.04.